The summed E-state index contributed by atoms with van der Waals surface area (Å²) in [5.41, 5.74) is 5.19. The van der Waals surface area contributed by atoms with Crippen LogP contribution < -0.4 is 4.90 Å². The molecule has 1 fully saturated rings. The highest BCUT2D eigenvalue weighted by atomic mass is 16.6. The molecule has 1 saturated carbocycles. The Morgan fingerprint density at radius 1 is 0.919 bits per heavy atom. The van der Waals surface area contributed by atoms with E-state index < -0.39 is 17.8 Å². The van der Waals surface area contributed by atoms with Gasteiger partial charge in [-0.15, -0.1) is 0 Å². The third kappa shape index (κ3) is 5.85. The van der Waals surface area contributed by atoms with Crippen molar-refractivity contribution in [2.45, 2.75) is 52.4 Å². The maximum Gasteiger partial charge on any atom is 0.336 e. The number of anilines is 1. The zero-order valence-corrected chi connectivity index (χ0v) is 22.4. The Hall–Kier alpha value is -3.25. The molecule has 6 nitrogen and oxygen atoms in total. The van der Waals surface area contributed by atoms with Gasteiger partial charge < -0.3 is 14.4 Å². The number of nitrogens with zero attached hydrogens (tertiary/aromatic N) is 2. The van der Waals surface area contributed by atoms with Gasteiger partial charge in [0.15, 0.2) is 0 Å². The Morgan fingerprint density at radius 2 is 1.62 bits per heavy atom. The van der Waals surface area contributed by atoms with E-state index in [-0.39, 0.29) is 18.3 Å². The minimum absolute atomic E-state index is 0.0990. The van der Waals surface area contributed by atoms with E-state index in [4.69, 9.17) is 14.5 Å². The van der Waals surface area contributed by atoms with Crippen molar-refractivity contribution in [3.05, 3.63) is 77.0 Å². The fourth-order valence-electron chi connectivity index (χ4n) is 5.66. The van der Waals surface area contributed by atoms with Crippen LogP contribution in [0.15, 0.2) is 70.9 Å². The molecule has 2 aromatic rings. The number of rotatable bonds is 10. The van der Waals surface area contributed by atoms with E-state index in [1.165, 1.54) is 0 Å². The molecule has 0 N–H and O–H groups in total. The van der Waals surface area contributed by atoms with E-state index in [1.54, 1.807) is 0 Å². The fourth-order valence-corrected chi connectivity index (χ4v) is 5.66. The molecule has 0 bridgehead atoms. The van der Waals surface area contributed by atoms with Crippen molar-refractivity contribution in [3.63, 3.8) is 0 Å². The summed E-state index contributed by atoms with van der Waals surface area (Å²) >= 11 is 0. The van der Waals surface area contributed by atoms with E-state index in [9.17, 15) is 9.59 Å². The molecular formula is C31H38N2O4. The molecule has 196 valence electrons. The molecule has 1 aliphatic carbocycles. The van der Waals surface area contributed by atoms with E-state index >= 15 is 0 Å². The molecule has 1 aliphatic heterocycles. The van der Waals surface area contributed by atoms with Gasteiger partial charge in [-0.25, -0.2) is 4.79 Å². The molecular weight excluding hydrogens is 464 g/mol. The number of allylic oxidation sites excluding steroid dienone is 1. The Kier molecular flexibility index (Phi) is 8.93. The highest BCUT2D eigenvalue weighted by Crippen LogP contribution is 2.46. The van der Waals surface area contributed by atoms with Crippen molar-refractivity contribution in [2.24, 2.45) is 10.9 Å². The minimum Gasteiger partial charge on any atom is -0.460 e. The standard InChI is InChI=1S/C31H38N2O4/c1-5-33(6-2)25-15-13-23(14-16-25)29-28(31(35)37-18-17-36-7-3)21(4)32-26-19-24(20-27(34)30(26)29)22-11-9-8-10-12-22/h8-16,24,29-30H,5-7,17-20H2,1-4H3/t24-,29+,30?/m1/s1. The van der Waals surface area contributed by atoms with Crippen LogP contribution in [0.3, 0.4) is 0 Å². The molecule has 0 amide bonds. The normalized spacial score (nSPS) is 21.4. The van der Waals surface area contributed by atoms with Gasteiger partial charge in [0.1, 0.15) is 12.4 Å². The van der Waals surface area contributed by atoms with Crippen LogP contribution >= 0.6 is 0 Å². The highest BCUT2D eigenvalue weighted by Gasteiger charge is 2.46. The number of fused-ring (bicyclic) bond motifs is 1. The topological polar surface area (TPSA) is 68.2 Å². The van der Waals surface area contributed by atoms with Gasteiger partial charge in [0.05, 0.1) is 18.1 Å². The van der Waals surface area contributed by atoms with Crippen LogP contribution in [-0.4, -0.2) is 50.4 Å². The van der Waals surface area contributed by atoms with Gasteiger partial charge in [0.2, 0.25) is 0 Å². The van der Waals surface area contributed by atoms with E-state index in [0.29, 0.717) is 37.3 Å². The van der Waals surface area contributed by atoms with Crippen LogP contribution in [-0.2, 0) is 19.1 Å². The SMILES string of the molecule is CCOCCOC(=O)C1=C(C)N=C2C[C@@H](c3ccccc3)CC(=O)C2[C@H]1c1ccc(N(CC)CC)cc1. The first-order valence-electron chi connectivity index (χ1n) is 13.4. The summed E-state index contributed by atoms with van der Waals surface area (Å²) in [5.74, 6) is -1.07. The number of hydrogen-bond acceptors (Lipinski definition) is 6. The number of carbonyl (C=O) groups is 2. The third-order valence-electron chi connectivity index (χ3n) is 7.49. The largest absolute Gasteiger partial charge is 0.460 e. The number of ketones is 1. The van der Waals surface area contributed by atoms with E-state index in [1.807, 2.05) is 32.0 Å². The van der Waals surface area contributed by atoms with E-state index in [2.05, 4.69) is 55.1 Å². The van der Waals surface area contributed by atoms with Crippen molar-refractivity contribution < 1.29 is 19.1 Å². The average molecular weight is 503 g/mol. The summed E-state index contributed by atoms with van der Waals surface area (Å²) in [7, 11) is 0. The molecule has 6 heteroatoms. The number of esters is 1. The molecule has 2 aliphatic rings. The quantitative estimate of drug-likeness (QED) is 0.309. The zero-order chi connectivity index (χ0) is 26.4. The van der Waals surface area contributed by atoms with Gasteiger partial charge in [-0.3, -0.25) is 9.79 Å². The van der Waals surface area contributed by atoms with Gasteiger partial charge in [0, 0.05) is 49.1 Å². The summed E-state index contributed by atoms with van der Waals surface area (Å²) < 4.78 is 10.9. The molecule has 1 heterocycles. The second-order valence-electron chi connectivity index (χ2n) is 9.64. The first-order valence-corrected chi connectivity index (χ1v) is 13.4. The van der Waals surface area contributed by atoms with Crippen molar-refractivity contribution >= 4 is 23.2 Å². The van der Waals surface area contributed by atoms with Gasteiger partial charge in [0.25, 0.3) is 0 Å². The first-order chi connectivity index (χ1) is 18.0. The number of aliphatic imine (C=N–C) groups is 1. The summed E-state index contributed by atoms with van der Waals surface area (Å²) in [6, 6.07) is 18.4. The molecule has 0 radical (unpaired) electrons. The molecule has 3 atom stereocenters. The lowest BCUT2D eigenvalue weighted by molar-refractivity contribution is -0.141. The summed E-state index contributed by atoms with van der Waals surface area (Å²) in [6.07, 6.45) is 1.14. The Balaban J connectivity index is 1.71. The molecule has 0 saturated heterocycles. The monoisotopic (exact) mass is 502 g/mol. The maximum absolute atomic E-state index is 13.8. The van der Waals surface area contributed by atoms with Crippen LogP contribution in [0.1, 0.15) is 63.5 Å². The predicted molar refractivity (Wildman–Crippen MR) is 147 cm³/mol. The maximum atomic E-state index is 13.8. The van der Waals surface area contributed by atoms with Gasteiger partial charge >= 0.3 is 5.97 Å². The lowest BCUT2D eigenvalue weighted by Gasteiger charge is -2.38. The second-order valence-corrected chi connectivity index (χ2v) is 9.64. The fraction of sp³-hybridized carbons (Fsp3) is 0.452. The predicted octanol–water partition coefficient (Wildman–Crippen LogP) is 5.69. The van der Waals surface area contributed by atoms with Gasteiger partial charge in [-0.1, -0.05) is 42.5 Å². The smallest absolute Gasteiger partial charge is 0.336 e. The van der Waals surface area contributed by atoms with Gasteiger partial charge in [-0.05, 0) is 63.3 Å². The molecule has 4 rings (SSSR count). The third-order valence-corrected chi connectivity index (χ3v) is 7.49. The zero-order valence-electron chi connectivity index (χ0n) is 22.4. The summed E-state index contributed by atoms with van der Waals surface area (Å²) in [5, 5.41) is 0. The minimum atomic E-state index is -0.461. The molecule has 1 unspecified atom stereocenters. The Morgan fingerprint density at radius 3 is 2.27 bits per heavy atom. The molecule has 0 aromatic heterocycles. The first kappa shape index (κ1) is 26.8. The molecule has 2 aromatic carbocycles. The lowest BCUT2D eigenvalue weighted by atomic mass is 9.66. The van der Waals surface area contributed by atoms with Crippen LogP contribution in [0.4, 0.5) is 5.69 Å². The summed E-state index contributed by atoms with van der Waals surface area (Å²) in [6.45, 7) is 10.9. The van der Waals surface area contributed by atoms with Crippen LogP contribution in [0, 0.1) is 5.92 Å². The van der Waals surface area contributed by atoms with Gasteiger partial charge in [-0.2, -0.15) is 0 Å². The van der Waals surface area contributed by atoms with Crippen LogP contribution in [0.5, 0.6) is 0 Å². The second kappa shape index (κ2) is 12.3. The molecule has 37 heavy (non-hydrogen) atoms. The number of benzene rings is 2. The average Bonchev–Trinajstić information content (AvgIpc) is 2.91. The van der Waals surface area contributed by atoms with Crippen molar-refractivity contribution in [3.8, 4) is 0 Å². The van der Waals surface area contributed by atoms with E-state index in [0.717, 1.165) is 35.6 Å². The van der Waals surface area contributed by atoms with Crippen molar-refractivity contribution in [1.29, 1.82) is 0 Å². The van der Waals surface area contributed by atoms with Crippen molar-refractivity contribution in [2.75, 3.05) is 37.8 Å². The lowest BCUT2D eigenvalue weighted by Crippen LogP contribution is -2.41. The number of Topliss-reactive ketones (excluding diaryl/α,β-unsaturated/α-hetero) is 1. The van der Waals surface area contributed by atoms with Crippen LogP contribution in [0.25, 0.3) is 0 Å². The number of hydrogen-bond donors (Lipinski definition) is 0. The summed E-state index contributed by atoms with van der Waals surface area (Å²) in [4.78, 5) is 34.3. The highest BCUT2D eigenvalue weighted by molar-refractivity contribution is 6.12. The Labute approximate surface area is 220 Å². The Bertz CT molecular complexity index is 1150. The number of carbonyl (C=O) groups excluding carboxylic acids is 2. The number of ether oxygens (including phenoxy) is 2. The van der Waals surface area contributed by atoms with Crippen molar-refractivity contribution in [1.82, 2.24) is 0 Å². The molecule has 0 spiro atoms. The van der Waals surface area contributed by atoms with Crippen LogP contribution in [0.2, 0.25) is 0 Å².